The molecule has 0 radical (unpaired) electrons. The van der Waals surface area contributed by atoms with E-state index in [0.29, 0.717) is 39.9 Å². The molecule has 1 N–H and O–H groups in total. The largest absolute Gasteiger partial charge is 0.487 e. The van der Waals surface area contributed by atoms with Gasteiger partial charge in [-0.1, -0.05) is 71.7 Å². The maximum absolute atomic E-state index is 12.8. The number of ether oxygens (including phenoxy) is 1. The summed E-state index contributed by atoms with van der Waals surface area (Å²) in [4.78, 5) is 31.0. The Morgan fingerprint density at radius 2 is 1.76 bits per heavy atom. The number of para-hydroxylation sites is 1. The lowest BCUT2D eigenvalue weighted by Crippen LogP contribution is -2.38. The summed E-state index contributed by atoms with van der Waals surface area (Å²) >= 11 is 13.1. The second kappa shape index (κ2) is 12.1. The van der Waals surface area contributed by atoms with Crippen molar-refractivity contribution in [3.8, 4) is 5.75 Å². The molecule has 0 aliphatic heterocycles. The number of benzene rings is 3. The van der Waals surface area contributed by atoms with Crippen molar-refractivity contribution in [3.63, 3.8) is 0 Å². The van der Waals surface area contributed by atoms with Crippen LogP contribution in [0.5, 0.6) is 5.75 Å². The molecule has 190 valence electrons. The van der Waals surface area contributed by atoms with Gasteiger partial charge in [-0.25, -0.2) is 4.98 Å². The predicted octanol–water partition coefficient (Wildman–Crippen LogP) is 6.14. The molecule has 0 spiro atoms. The maximum Gasteiger partial charge on any atom is 0.246 e. The van der Waals surface area contributed by atoms with Crippen LogP contribution in [0.25, 0.3) is 10.9 Å². The van der Waals surface area contributed by atoms with E-state index in [0.717, 1.165) is 22.2 Å². The molecule has 2 amide bonds. The normalized spacial score (nSPS) is 10.8. The molecule has 0 unspecified atom stereocenters. The summed E-state index contributed by atoms with van der Waals surface area (Å²) in [6.07, 6.45) is 0.904. The van der Waals surface area contributed by atoms with Crippen molar-refractivity contribution in [2.45, 2.75) is 26.4 Å². The molecule has 3 aromatic carbocycles. The van der Waals surface area contributed by atoms with Crippen LogP contribution >= 0.6 is 23.2 Å². The zero-order valence-electron chi connectivity index (χ0n) is 20.6. The number of halogens is 2. The minimum absolute atomic E-state index is 0.0957. The van der Waals surface area contributed by atoms with Crippen LogP contribution in [0.3, 0.4) is 0 Å². The number of carbonyl (C=O) groups is 2. The van der Waals surface area contributed by atoms with E-state index < -0.39 is 0 Å². The number of amides is 2. The lowest BCUT2D eigenvalue weighted by molar-refractivity contribution is -0.124. The van der Waals surface area contributed by atoms with Crippen molar-refractivity contribution >= 4 is 51.6 Å². The molecule has 0 saturated heterocycles. The third kappa shape index (κ3) is 6.59. The molecule has 37 heavy (non-hydrogen) atoms. The van der Waals surface area contributed by atoms with E-state index in [4.69, 9.17) is 27.9 Å². The van der Waals surface area contributed by atoms with Crippen molar-refractivity contribution in [1.29, 1.82) is 0 Å². The van der Waals surface area contributed by atoms with Gasteiger partial charge in [0.05, 0.1) is 17.3 Å². The fourth-order valence-electron chi connectivity index (χ4n) is 3.88. The summed E-state index contributed by atoms with van der Waals surface area (Å²) in [5.41, 5.74) is 3.73. The highest BCUT2D eigenvalue weighted by atomic mass is 35.5. The molecule has 1 aromatic heterocycles. The first-order valence-corrected chi connectivity index (χ1v) is 12.6. The standard InChI is InChI=1S/C29H27Cl2N3O3/c1-19-11-13-21-9-6-10-25(29(21)33-19)37-18-22-23(30)14-15-24(28(22)31)34(2)27(36)17-32-26(35)16-12-20-7-4-3-5-8-20/h3-11,13-15H,12,16-18H2,1-2H3,(H,32,35). The predicted molar refractivity (Wildman–Crippen MR) is 148 cm³/mol. The molecule has 0 atom stereocenters. The number of likely N-dealkylation sites (N-methyl/N-ethyl adjacent to an activating group) is 1. The number of fused-ring (bicyclic) bond motifs is 1. The molecule has 1 heterocycles. The van der Waals surface area contributed by atoms with Crippen molar-refractivity contribution in [1.82, 2.24) is 10.3 Å². The number of aromatic nitrogens is 1. The number of anilines is 1. The number of pyridine rings is 1. The Morgan fingerprint density at radius 1 is 0.973 bits per heavy atom. The van der Waals surface area contributed by atoms with Gasteiger partial charge in [0.1, 0.15) is 17.9 Å². The van der Waals surface area contributed by atoms with Gasteiger partial charge in [-0.05, 0) is 43.2 Å². The summed E-state index contributed by atoms with van der Waals surface area (Å²) in [5.74, 6) is 0.111. The van der Waals surface area contributed by atoms with Crippen molar-refractivity contribution in [2.75, 3.05) is 18.5 Å². The topological polar surface area (TPSA) is 71.5 Å². The Hall–Kier alpha value is -3.61. The van der Waals surface area contributed by atoms with E-state index in [-0.39, 0.29) is 25.0 Å². The summed E-state index contributed by atoms with van der Waals surface area (Å²) in [6.45, 7) is 1.88. The number of hydrogen-bond donors (Lipinski definition) is 1. The average molecular weight is 536 g/mol. The highest BCUT2D eigenvalue weighted by Crippen LogP contribution is 2.35. The molecule has 6 nitrogen and oxygen atoms in total. The van der Waals surface area contributed by atoms with Gasteiger partial charge in [-0.3, -0.25) is 9.59 Å². The first-order valence-electron chi connectivity index (χ1n) is 11.9. The van der Waals surface area contributed by atoms with Gasteiger partial charge in [-0.2, -0.15) is 0 Å². The molecule has 0 bridgehead atoms. The molecule has 8 heteroatoms. The first kappa shape index (κ1) is 26.5. The first-order chi connectivity index (χ1) is 17.8. The zero-order chi connectivity index (χ0) is 26.4. The fourth-order valence-corrected chi connectivity index (χ4v) is 4.49. The maximum atomic E-state index is 12.8. The molecular weight excluding hydrogens is 509 g/mol. The molecule has 0 aliphatic rings. The third-order valence-corrected chi connectivity index (χ3v) is 6.79. The minimum atomic E-state index is -0.308. The Balaban J connectivity index is 1.40. The van der Waals surface area contributed by atoms with E-state index in [1.54, 1.807) is 19.2 Å². The fraction of sp³-hybridized carbons (Fsp3) is 0.207. The van der Waals surface area contributed by atoms with E-state index >= 15 is 0 Å². The van der Waals surface area contributed by atoms with Crippen molar-refractivity contribution < 1.29 is 14.3 Å². The van der Waals surface area contributed by atoms with Gasteiger partial charge in [-0.15, -0.1) is 0 Å². The minimum Gasteiger partial charge on any atom is -0.487 e. The molecule has 4 aromatic rings. The summed E-state index contributed by atoms with van der Waals surface area (Å²) < 4.78 is 6.07. The van der Waals surface area contributed by atoms with Crippen LogP contribution in [0.15, 0.2) is 72.8 Å². The molecule has 4 rings (SSSR count). The van der Waals surface area contributed by atoms with Gasteiger partial charge >= 0.3 is 0 Å². The van der Waals surface area contributed by atoms with Gasteiger partial charge < -0.3 is 15.0 Å². The highest BCUT2D eigenvalue weighted by molar-refractivity contribution is 6.38. The number of carbonyl (C=O) groups excluding carboxylic acids is 2. The van der Waals surface area contributed by atoms with Gasteiger partial charge in [0.25, 0.3) is 0 Å². The Morgan fingerprint density at radius 3 is 2.54 bits per heavy atom. The smallest absolute Gasteiger partial charge is 0.246 e. The van der Waals surface area contributed by atoms with E-state index in [2.05, 4.69) is 10.3 Å². The Bertz CT molecular complexity index is 1430. The lowest BCUT2D eigenvalue weighted by Gasteiger charge is -2.21. The average Bonchev–Trinajstić information content (AvgIpc) is 2.90. The number of nitrogens with zero attached hydrogens (tertiary/aromatic N) is 2. The van der Waals surface area contributed by atoms with Gasteiger partial charge in [0.2, 0.25) is 11.8 Å². The van der Waals surface area contributed by atoms with Crippen LogP contribution in [0.4, 0.5) is 5.69 Å². The quantitative estimate of drug-likeness (QED) is 0.279. The monoisotopic (exact) mass is 535 g/mol. The van der Waals surface area contributed by atoms with Crippen LogP contribution in [0.2, 0.25) is 10.0 Å². The SMILES string of the molecule is Cc1ccc2cccc(OCc3c(Cl)ccc(N(C)C(=O)CNC(=O)CCc4ccccc4)c3Cl)c2n1. The Labute approximate surface area is 226 Å². The molecule has 0 aliphatic carbocycles. The van der Waals surface area contributed by atoms with Gasteiger partial charge in [0.15, 0.2) is 0 Å². The van der Waals surface area contributed by atoms with Crippen molar-refractivity contribution in [2.24, 2.45) is 0 Å². The second-order valence-corrected chi connectivity index (χ2v) is 9.43. The van der Waals surface area contributed by atoms with Crippen LogP contribution in [0.1, 0.15) is 23.2 Å². The van der Waals surface area contributed by atoms with E-state index in [1.807, 2.05) is 67.6 Å². The number of nitrogens with one attached hydrogen (secondary N) is 1. The van der Waals surface area contributed by atoms with Crippen molar-refractivity contribution in [3.05, 3.63) is 99.7 Å². The lowest BCUT2D eigenvalue weighted by atomic mass is 10.1. The van der Waals surface area contributed by atoms with Crippen LogP contribution in [-0.2, 0) is 22.6 Å². The molecular formula is C29H27Cl2N3O3. The summed E-state index contributed by atoms with van der Waals surface area (Å²) in [6, 6.07) is 22.7. The number of hydrogen-bond acceptors (Lipinski definition) is 4. The summed E-state index contributed by atoms with van der Waals surface area (Å²) in [5, 5.41) is 4.38. The van der Waals surface area contributed by atoms with Crippen LogP contribution in [-0.4, -0.2) is 30.4 Å². The number of aryl methyl sites for hydroxylation is 2. The third-order valence-electron chi connectivity index (χ3n) is 6.02. The zero-order valence-corrected chi connectivity index (χ0v) is 22.1. The van der Waals surface area contributed by atoms with E-state index in [9.17, 15) is 9.59 Å². The van der Waals surface area contributed by atoms with E-state index in [1.165, 1.54) is 4.90 Å². The number of rotatable bonds is 9. The molecule has 0 fully saturated rings. The second-order valence-electron chi connectivity index (χ2n) is 8.64. The summed E-state index contributed by atoms with van der Waals surface area (Å²) in [7, 11) is 1.61. The van der Waals surface area contributed by atoms with Crippen LogP contribution < -0.4 is 15.0 Å². The molecule has 0 saturated carbocycles. The van der Waals surface area contributed by atoms with Gasteiger partial charge in [0, 0.05) is 35.1 Å². The highest BCUT2D eigenvalue weighted by Gasteiger charge is 2.19. The van der Waals surface area contributed by atoms with Crippen LogP contribution in [0, 0.1) is 6.92 Å². The Kier molecular flexibility index (Phi) is 8.64.